The largest absolute Gasteiger partial charge is 0.454 e. The predicted octanol–water partition coefficient (Wildman–Crippen LogP) is 13.7. The van der Waals surface area contributed by atoms with Gasteiger partial charge in [0.1, 0.15) is 11.2 Å². The Morgan fingerprint density at radius 1 is 0.500 bits per heavy atom. The Morgan fingerprint density at radius 2 is 1.12 bits per heavy atom. The zero-order valence-corrected chi connectivity index (χ0v) is 28.2. The highest BCUT2D eigenvalue weighted by molar-refractivity contribution is 6.21. The van der Waals surface area contributed by atoms with E-state index in [1.807, 2.05) is 18.2 Å². The molecule has 0 spiro atoms. The number of rotatable bonds is 5. The molecule has 1 atom stereocenters. The fourth-order valence-corrected chi connectivity index (χ4v) is 8.28. The lowest BCUT2D eigenvalue weighted by atomic mass is 9.92. The number of para-hydroxylation sites is 4. The zero-order valence-electron chi connectivity index (χ0n) is 28.2. The van der Waals surface area contributed by atoms with E-state index in [-0.39, 0.29) is 0 Å². The average Bonchev–Trinajstić information content (AvgIpc) is 3.89. The first-order valence-corrected chi connectivity index (χ1v) is 17.9. The van der Waals surface area contributed by atoms with Crippen LogP contribution in [0.2, 0.25) is 0 Å². The standard InChI is InChI=1S/C48H32N2O2/c1-2-11-31(12-3-1)32-21-23-33(24-22-32)49(43-18-10-16-40-37-14-5-8-19-44(37)51-47(40)43)34-25-27-35(28-26-34)50-42-17-7-4-13-36(42)39-29-30-41-38-15-6-9-20-45(38)52-48(41)46(39)50/h1-11,13-31H,12H2. The van der Waals surface area contributed by atoms with E-state index in [0.717, 1.165) is 84.1 Å². The SMILES string of the molecule is C1=CCC(c2ccc(N(c3ccc(-n4c5ccccc5c5ccc6c7ccccc7oc6c54)cc3)c3cccc4c3oc3ccccc34)cc2)C=C1. The number of hydrogen-bond acceptors (Lipinski definition) is 3. The van der Waals surface area contributed by atoms with Crippen molar-refractivity contribution in [3.8, 4) is 5.69 Å². The maximum absolute atomic E-state index is 6.61. The van der Waals surface area contributed by atoms with E-state index in [9.17, 15) is 0 Å². The molecule has 1 aliphatic carbocycles. The summed E-state index contributed by atoms with van der Waals surface area (Å²) >= 11 is 0. The van der Waals surface area contributed by atoms with Crippen molar-refractivity contribution < 1.29 is 8.83 Å². The van der Waals surface area contributed by atoms with Crippen LogP contribution in [-0.4, -0.2) is 4.57 Å². The predicted molar refractivity (Wildman–Crippen MR) is 216 cm³/mol. The maximum Gasteiger partial charge on any atom is 0.160 e. The minimum absolute atomic E-state index is 0.384. The van der Waals surface area contributed by atoms with E-state index in [1.54, 1.807) is 0 Å². The molecule has 11 rings (SSSR count). The number of furan rings is 2. The van der Waals surface area contributed by atoms with E-state index in [4.69, 9.17) is 8.83 Å². The van der Waals surface area contributed by atoms with E-state index in [2.05, 4.69) is 167 Å². The molecule has 7 aromatic carbocycles. The molecule has 246 valence electrons. The van der Waals surface area contributed by atoms with Gasteiger partial charge in [0.15, 0.2) is 11.2 Å². The highest BCUT2D eigenvalue weighted by Crippen LogP contribution is 2.44. The van der Waals surface area contributed by atoms with Crippen molar-refractivity contribution >= 4 is 82.7 Å². The summed E-state index contributed by atoms with van der Waals surface area (Å²) in [6, 6.07) is 54.0. The normalized spacial score (nSPS) is 14.5. The highest BCUT2D eigenvalue weighted by Gasteiger charge is 2.22. The van der Waals surface area contributed by atoms with Crippen LogP contribution in [-0.2, 0) is 0 Å². The molecule has 3 heterocycles. The minimum atomic E-state index is 0.384. The lowest BCUT2D eigenvalue weighted by Gasteiger charge is -2.26. The number of allylic oxidation sites excluding steroid dienone is 4. The van der Waals surface area contributed by atoms with Gasteiger partial charge in [-0.1, -0.05) is 109 Å². The Balaban J connectivity index is 1.10. The Kier molecular flexibility index (Phi) is 6.34. The zero-order chi connectivity index (χ0) is 34.2. The van der Waals surface area contributed by atoms with Crippen molar-refractivity contribution in [1.29, 1.82) is 0 Å². The molecule has 0 amide bonds. The van der Waals surface area contributed by atoms with Crippen LogP contribution in [0, 0.1) is 0 Å². The molecule has 0 fully saturated rings. The van der Waals surface area contributed by atoms with Crippen LogP contribution in [0.5, 0.6) is 0 Å². The summed E-state index contributed by atoms with van der Waals surface area (Å²) in [5, 5.41) is 6.84. The fraction of sp³-hybridized carbons (Fsp3) is 0.0417. The van der Waals surface area contributed by atoms with Gasteiger partial charge in [-0.05, 0) is 78.7 Å². The van der Waals surface area contributed by atoms with E-state index < -0.39 is 0 Å². The first-order chi connectivity index (χ1) is 25.8. The van der Waals surface area contributed by atoms with Crippen LogP contribution in [0.1, 0.15) is 17.9 Å². The van der Waals surface area contributed by atoms with Crippen LogP contribution in [0.15, 0.2) is 185 Å². The quantitative estimate of drug-likeness (QED) is 0.183. The smallest absolute Gasteiger partial charge is 0.160 e. The van der Waals surface area contributed by atoms with Gasteiger partial charge in [0.2, 0.25) is 0 Å². The van der Waals surface area contributed by atoms with Crippen molar-refractivity contribution in [2.75, 3.05) is 4.90 Å². The summed E-state index contributed by atoms with van der Waals surface area (Å²) in [5.41, 5.74) is 11.3. The van der Waals surface area contributed by atoms with Gasteiger partial charge in [-0.2, -0.15) is 0 Å². The molecule has 0 bridgehead atoms. The van der Waals surface area contributed by atoms with E-state index >= 15 is 0 Å². The van der Waals surface area contributed by atoms with Crippen molar-refractivity contribution in [2.45, 2.75) is 12.3 Å². The maximum atomic E-state index is 6.61. The Labute approximate surface area is 299 Å². The van der Waals surface area contributed by atoms with E-state index in [0.29, 0.717) is 5.92 Å². The Hall–Kier alpha value is -6.78. The summed E-state index contributed by atoms with van der Waals surface area (Å²) in [7, 11) is 0. The summed E-state index contributed by atoms with van der Waals surface area (Å²) in [5.74, 6) is 0.384. The van der Waals surface area contributed by atoms with Crippen LogP contribution < -0.4 is 4.90 Å². The van der Waals surface area contributed by atoms with Gasteiger partial charge in [0.05, 0.1) is 16.7 Å². The Morgan fingerprint density at radius 3 is 1.85 bits per heavy atom. The number of benzene rings is 7. The molecule has 0 radical (unpaired) electrons. The number of anilines is 3. The third kappa shape index (κ3) is 4.34. The first kappa shape index (κ1) is 29.0. The molecule has 52 heavy (non-hydrogen) atoms. The van der Waals surface area contributed by atoms with Crippen LogP contribution in [0.25, 0.3) is 71.4 Å². The molecule has 0 saturated carbocycles. The van der Waals surface area contributed by atoms with Gasteiger partial charge in [-0.3, -0.25) is 0 Å². The second-order valence-corrected chi connectivity index (χ2v) is 13.6. The summed E-state index contributed by atoms with van der Waals surface area (Å²) in [6.07, 6.45) is 9.82. The molecule has 0 saturated heterocycles. The molecule has 0 aliphatic heterocycles. The number of fused-ring (bicyclic) bond motifs is 10. The van der Waals surface area contributed by atoms with Crippen molar-refractivity contribution in [2.24, 2.45) is 0 Å². The second kappa shape index (κ2) is 11.4. The van der Waals surface area contributed by atoms with Gasteiger partial charge in [-0.15, -0.1) is 0 Å². The molecule has 4 nitrogen and oxygen atoms in total. The molecule has 3 aromatic heterocycles. The van der Waals surface area contributed by atoms with Crippen LogP contribution in [0.3, 0.4) is 0 Å². The van der Waals surface area contributed by atoms with Gasteiger partial charge in [-0.25, -0.2) is 0 Å². The third-order valence-corrected chi connectivity index (χ3v) is 10.7. The number of nitrogens with zero attached hydrogens (tertiary/aromatic N) is 2. The third-order valence-electron chi connectivity index (χ3n) is 10.7. The monoisotopic (exact) mass is 668 g/mol. The van der Waals surface area contributed by atoms with Gasteiger partial charge >= 0.3 is 0 Å². The number of hydrogen-bond donors (Lipinski definition) is 0. The second-order valence-electron chi connectivity index (χ2n) is 13.6. The lowest BCUT2D eigenvalue weighted by Crippen LogP contribution is -2.10. The molecule has 0 N–H and O–H groups in total. The molecular weight excluding hydrogens is 637 g/mol. The van der Waals surface area contributed by atoms with Gasteiger partial charge in [0, 0.05) is 55.3 Å². The molecule has 10 aromatic rings. The molecule has 1 aliphatic rings. The summed E-state index contributed by atoms with van der Waals surface area (Å²) < 4.78 is 15.6. The van der Waals surface area contributed by atoms with Gasteiger partial charge < -0.3 is 18.3 Å². The summed E-state index contributed by atoms with van der Waals surface area (Å²) in [4.78, 5) is 2.32. The number of aromatic nitrogens is 1. The highest BCUT2D eigenvalue weighted by atomic mass is 16.3. The van der Waals surface area contributed by atoms with Gasteiger partial charge in [0.25, 0.3) is 0 Å². The Bertz CT molecular complexity index is 3050. The average molecular weight is 669 g/mol. The van der Waals surface area contributed by atoms with Crippen molar-refractivity contribution in [1.82, 2.24) is 4.57 Å². The lowest BCUT2D eigenvalue weighted by molar-refractivity contribution is 0.669. The van der Waals surface area contributed by atoms with Crippen LogP contribution in [0.4, 0.5) is 17.1 Å². The summed E-state index contributed by atoms with van der Waals surface area (Å²) in [6.45, 7) is 0. The molecule has 1 unspecified atom stereocenters. The molecular formula is C48H32N2O2. The minimum Gasteiger partial charge on any atom is -0.454 e. The first-order valence-electron chi connectivity index (χ1n) is 17.9. The van der Waals surface area contributed by atoms with Crippen molar-refractivity contribution in [3.63, 3.8) is 0 Å². The van der Waals surface area contributed by atoms with Crippen molar-refractivity contribution in [3.05, 3.63) is 182 Å². The molecule has 4 heteroatoms. The fourth-order valence-electron chi connectivity index (χ4n) is 8.28. The topological polar surface area (TPSA) is 34.5 Å². The van der Waals surface area contributed by atoms with E-state index in [1.165, 1.54) is 16.3 Å². The van der Waals surface area contributed by atoms with Crippen LogP contribution >= 0.6 is 0 Å².